The number of nitrogens with zero attached hydrogens (tertiary/aromatic N) is 1. The van der Waals surface area contributed by atoms with E-state index in [9.17, 15) is 9.59 Å². The molecule has 0 bridgehead atoms. The van der Waals surface area contributed by atoms with Crippen LogP contribution >= 0.6 is 11.3 Å². The second kappa shape index (κ2) is 9.09. The van der Waals surface area contributed by atoms with Crippen LogP contribution in [0.4, 0.5) is 4.79 Å². The van der Waals surface area contributed by atoms with Crippen molar-refractivity contribution >= 4 is 45.9 Å². The Morgan fingerprint density at radius 1 is 1.13 bits per heavy atom. The minimum atomic E-state index is -0.481. The molecule has 0 radical (unpaired) electrons. The van der Waals surface area contributed by atoms with Gasteiger partial charge in [-0.25, -0.2) is 9.78 Å². The normalized spacial score (nSPS) is 14.0. The number of fused-ring (bicyclic) bond motifs is 2. The number of alkyl carbamates (subject to hydrolysis) is 1. The second-order valence-electron chi connectivity index (χ2n) is 6.92. The van der Waals surface area contributed by atoms with Gasteiger partial charge in [-0.2, -0.15) is 0 Å². The molecule has 30 heavy (non-hydrogen) atoms. The van der Waals surface area contributed by atoms with E-state index in [4.69, 9.17) is 9.72 Å². The highest BCUT2D eigenvalue weighted by Gasteiger charge is 2.26. The summed E-state index contributed by atoms with van der Waals surface area (Å²) < 4.78 is 4.83. The van der Waals surface area contributed by atoms with Gasteiger partial charge in [0.05, 0.1) is 23.4 Å². The summed E-state index contributed by atoms with van der Waals surface area (Å²) >= 11 is 1.69. The molecule has 0 unspecified atom stereocenters. The lowest BCUT2D eigenvalue weighted by molar-refractivity contribution is 0.0953. The van der Waals surface area contributed by atoms with Gasteiger partial charge < -0.3 is 15.4 Å². The van der Waals surface area contributed by atoms with Crippen LogP contribution in [-0.2, 0) is 11.2 Å². The number of benzene rings is 1. The van der Waals surface area contributed by atoms with Crippen molar-refractivity contribution in [1.82, 2.24) is 15.6 Å². The van der Waals surface area contributed by atoms with Crippen molar-refractivity contribution in [3.8, 4) is 0 Å². The maximum Gasteiger partial charge on any atom is 0.407 e. The van der Waals surface area contributed by atoms with Gasteiger partial charge in [0.1, 0.15) is 0 Å². The van der Waals surface area contributed by atoms with E-state index in [-0.39, 0.29) is 5.91 Å². The van der Waals surface area contributed by atoms with Crippen LogP contribution in [0.15, 0.2) is 41.8 Å². The molecule has 3 aromatic rings. The Hall–Kier alpha value is -3.19. The van der Waals surface area contributed by atoms with Crippen molar-refractivity contribution in [2.45, 2.75) is 19.8 Å². The van der Waals surface area contributed by atoms with E-state index in [1.807, 2.05) is 30.3 Å². The summed E-state index contributed by atoms with van der Waals surface area (Å²) in [6.45, 7) is 2.69. The number of rotatable bonds is 6. The van der Waals surface area contributed by atoms with Crippen molar-refractivity contribution < 1.29 is 14.3 Å². The largest absolute Gasteiger partial charge is 0.450 e. The predicted octanol–water partition coefficient (Wildman–Crippen LogP) is 4.26. The van der Waals surface area contributed by atoms with E-state index in [2.05, 4.69) is 28.2 Å². The number of carbonyl (C=O) groups excluding carboxylic acids is 2. The number of allylic oxidation sites excluding steroid dienone is 1. The van der Waals surface area contributed by atoms with Crippen LogP contribution < -0.4 is 10.6 Å². The number of carbonyl (C=O) groups is 2. The molecule has 1 aliphatic carbocycles. The predicted molar refractivity (Wildman–Crippen MR) is 120 cm³/mol. The first-order chi connectivity index (χ1) is 14.7. The zero-order valence-corrected chi connectivity index (χ0v) is 17.6. The molecule has 0 aliphatic heterocycles. The number of ether oxygens (including phenoxy) is 1. The number of pyridine rings is 1. The van der Waals surface area contributed by atoms with Gasteiger partial charge in [0, 0.05) is 23.4 Å². The van der Waals surface area contributed by atoms with E-state index < -0.39 is 6.09 Å². The van der Waals surface area contributed by atoms with Crippen LogP contribution in [0.1, 0.15) is 39.8 Å². The number of thiophene rings is 1. The van der Waals surface area contributed by atoms with Gasteiger partial charge in [-0.1, -0.05) is 24.3 Å². The summed E-state index contributed by atoms with van der Waals surface area (Å²) in [6.07, 6.45) is 3.34. The summed E-state index contributed by atoms with van der Waals surface area (Å²) in [6, 6.07) is 11.9. The van der Waals surface area contributed by atoms with Crippen LogP contribution in [0.2, 0.25) is 0 Å². The maximum atomic E-state index is 13.1. The quantitative estimate of drug-likeness (QED) is 0.583. The lowest BCUT2D eigenvalue weighted by atomic mass is 10.00. The molecule has 6 nitrogen and oxygen atoms in total. The van der Waals surface area contributed by atoms with Gasteiger partial charge in [0.2, 0.25) is 0 Å². The number of para-hydroxylation sites is 1. The fraction of sp³-hybridized carbons (Fsp3) is 0.261. The molecule has 2 N–H and O–H groups in total. The first kappa shape index (κ1) is 20.1. The topological polar surface area (TPSA) is 80.3 Å². The number of hydrogen-bond donors (Lipinski definition) is 2. The monoisotopic (exact) mass is 421 g/mol. The molecule has 0 saturated carbocycles. The summed E-state index contributed by atoms with van der Waals surface area (Å²) in [4.78, 5) is 30.6. The Bertz CT molecular complexity index is 1110. The van der Waals surface area contributed by atoms with Crippen LogP contribution in [0.5, 0.6) is 0 Å². The summed E-state index contributed by atoms with van der Waals surface area (Å²) in [7, 11) is 0. The Kier molecular flexibility index (Phi) is 6.09. The minimum Gasteiger partial charge on any atom is -0.450 e. The third-order valence-corrected chi connectivity index (χ3v) is 5.80. The number of hydrogen-bond acceptors (Lipinski definition) is 5. The van der Waals surface area contributed by atoms with Gasteiger partial charge in [-0.05, 0) is 54.5 Å². The Labute approximate surface area is 179 Å². The minimum absolute atomic E-state index is 0.145. The fourth-order valence-electron chi connectivity index (χ4n) is 3.69. The zero-order chi connectivity index (χ0) is 20.9. The number of amides is 2. The third-order valence-electron chi connectivity index (χ3n) is 4.98. The van der Waals surface area contributed by atoms with Crippen molar-refractivity contribution in [2.75, 3.05) is 19.7 Å². The van der Waals surface area contributed by atoms with E-state index >= 15 is 0 Å². The molecule has 154 valence electrons. The maximum absolute atomic E-state index is 13.1. The summed E-state index contributed by atoms with van der Waals surface area (Å²) in [5.41, 5.74) is 4.56. The van der Waals surface area contributed by atoms with Gasteiger partial charge in [-0.15, -0.1) is 11.3 Å². The summed E-state index contributed by atoms with van der Waals surface area (Å²) in [5.74, 6) is -0.145. The van der Waals surface area contributed by atoms with Crippen LogP contribution in [-0.4, -0.2) is 36.7 Å². The van der Waals surface area contributed by atoms with Crippen LogP contribution in [0.25, 0.3) is 22.6 Å². The number of nitrogens with one attached hydrogen (secondary N) is 2. The zero-order valence-electron chi connectivity index (χ0n) is 16.7. The molecular weight excluding hydrogens is 398 g/mol. The van der Waals surface area contributed by atoms with Crippen molar-refractivity contribution in [1.29, 1.82) is 0 Å². The first-order valence-corrected chi connectivity index (χ1v) is 10.9. The standard InChI is InChI=1S/C23H23N3O3S/c1-2-29-23(28)25-12-11-24-22(27)20-17-7-3-4-8-19(17)26-21-15(9-10-18(20)21)14-16-6-5-13-30-16/h3-8,13-14H,2,9-12H2,1H3,(H,24,27)(H,25,28)/b15-14-. The first-order valence-electron chi connectivity index (χ1n) is 10.0. The van der Waals surface area contributed by atoms with Gasteiger partial charge in [0.15, 0.2) is 0 Å². The molecule has 4 rings (SSSR count). The molecule has 2 aromatic heterocycles. The highest BCUT2D eigenvalue weighted by atomic mass is 32.1. The fourth-order valence-corrected chi connectivity index (χ4v) is 4.38. The molecule has 1 aliphatic rings. The van der Waals surface area contributed by atoms with E-state index in [1.165, 1.54) is 4.88 Å². The molecule has 0 fully saturated rings. The Balaban J connectivity index is 1.61. The molecule has 7 heteroatoms. The Morgan fingerprint density at radius 2 is 1.97 bits per heavy atom. The number of aromatic nitrogens is 1. The van der Waals surface area contributed by atoms with E-state index in [0.717, 1.165) is 40.6 Å². The molecular formula is C23H23N3O3S. The van der Waals surface area contributed by atoms with Gasteiger partial charge in [0.25, 0.3) is 5.91 Å². The lowest BCUT2D eigenvalue weighted by Crippen LogP contribution is -2.35. The van der Waals surface area contributed by atoms with Crippen molar-refractivity contribution in [3.63, 3.8) is 0 Å². The summed E-state index contributed by atoms with van der Waals surface area (Å²) in [5, 5.41) is 8.45. The molecule has 2 heterocycles. The average molecular weight is 422 g/mol. The highest BCUT2D eigenvalue weighted by Crippen LogP contribution is 2.37. The Morgan fingerprint density at radius 3 is 2.77 bits per heavy atom. The van der Waals surface area contributed by atoms with Crippen LogP contribution in [0.3, 0.4) is 0 Å². The highest BCUT2D eigenvalue weighted by molar-refractivity contribution is 7.10. The van der Waals surface area contributed by atoms with E-state index in [1.54, 1.807) is 18.3 Å². The SMILES string of the molecule is CCOC(=O)NCCNC(=O)c1c2c(nc3ccccc13)/C(=C\c1cccs1)CC2. The van der Waals surface area contributed by atoms with Gasteiger partial charge in [-0.3, -0.25) is 4.79 Å². The smallest absolute Gasteiger partial charge is 0.407 e. The van der Waals surface area contributed by atoms with Crippen molar-refractivity contribution in [2.24, 2.45) is 0 Å². The average Bonchev–Trinajstić information content (AvgIpc) is 3.40. The van der Waals surface area contributed by atoms with Crippen LogP contribution in [0, 0.1) is 0 Å². The molecule has 0 spiro atoms. The lowest BCUT2D eigenvalue weighted by Gasteiger charge is -2.13. The molecule has 0 atom stereocenters. The molecule has 1 aromatic carbocycles. The van der Waals surface area contributed by atoms with Gasteiger partial charge >= 0.3 is 6.09 Å². The van der Waals surface area contributed by atoms with Crippen molar-refractivity contribution in [3.05, 3.63) is 63.5 Å². The molecule has 0 saturated heterocycles. The molecule has 2 amide bonds. The second-order valence-corrected chi connectivity index (χ2v) is 7.90. The third kappa shape index (κ3) is 4.21. The van der Waals surface area contributed by atoms with E-state index in [0.29, 0.717) is 25.3 Å².